The molecule has 3 heterocycles. The van der Waals surface area contributed by atoms with Crippen LogP contribution in [0.4, 0.5) is 6.01 Å². The average Bonchev–Trinajstić information content (AvgIpc) is 3.09. The number of fused-ring (bicyclic) bond motifs is 1. The Bertz CT molecular complexity index is 1030. The number of pyridine rings is 1. The van der Waals surface area contributed by atoms with E-state index in [1.807, 2.05) is 19.1 Å². The number of rotatable bonds is 4. The van der Waals surface area contributed by atoms with Crippen LogP contribution in [0.15, 0.2) is 28.7 Å². The molecule has 1 aliphatic heterocycles. The summed E-state index contributed by atoms with van der Waals surface area (Å²) in [5, 5.41) is 22.8. The van der Waals surface area contributed by atoms with Crippen molar-refractivity contribution in [2.45, 2.75) is 32.7 Å². The van der Waals surface area contributed by atoms with E-state index in [1.165, 1.54) is 6.07 Å². The van der Waals surface area contributed by atoms with Crippen LogP contribution in [0.3, 0.4) is 0 Å². The number of aryl methyl sites for hydroxylation is 1. The molecule has 7 heteroatoms. The molecule has 0 bridgehead atoms. The molecule has 4 rings (SSSR count). The topological polar surface area (TPSA) is 98.2 Å². The highest BCUT2D eigenvalue weighted by Gasteiger charge is 2.21. The quantitative estimate of drug-likeness (QED) is 0.716. The molecule has 3 aromatic rings. The van der Waals surface area contributed by atoms with E-state index >= 15 is 0 Å². The molecule has 0 aliphatic carbocycles. The van der Waals surface area contributed by atoms with E-state index in [1.54, 1.807) is 12.1 Å². The number of nitrogens with one attached hydrogen (secondary N) is 1. The van der Waals surface area contributed by atoms with Gasteiger partial charge in [-0.05, 0) is 62.7 Å². The number of nitrogens with zero attached hydrogens (tertiary/aromatic N) is 4. The van der Waals surface area contributed by atoms with E-state index in [2.05, 4.69) is 27.1 Å². The largest absolute Gasteiger partial charge is 0.507 e. The lowest BCUT2D eigenvalue weighted by atomic mass is 10.0. The van der Waals surface area contributed by atoms with Gasteiger partial charge < -0.3 is 19.7 Å². The Morgan fingerprint density at radius 2 is 2.21 bits per heavy atom. The van der Waals surface area contributed by atoms with Crippen LogP contribution >= 0.6 is 0 Å². The summed E-state index contributed by atoms with van der Waals surface area (Å²) in [6.45, 7) is 7.19. The zero-order valence-electron chi connectivity index (χ0n) is 16.1. The van der Waals surface area contributed by atoms with Gasteiger partial charge in [0.2, 0.25) is 5.65 Å². The summed E-state index contributed by atoms with van der Waals surface area (Å²) >= 11 is 0. The van der Waals surface area contributed by atoms with Crippen molar-refractivity contribution in [3.05, 3.63) is 35.4 Å². The minimum absolute atomic E-state index is 0.0344. The fraction of sp³-hybridized carbons (Fsp3) is 0.381. The molecule has 28 heavy (non-hydrogen) atoms. The number of benzene rings is 1. The minimum Gasteiger partial charge on any atom is -0.507 e. The second-order valence-electron chi connectivity index (χ2n) is 7.21. The van der Waals surface area contributed by atoms with Gasteiger partial charge in [0.25, 0.3) is 6.01 Å². The van der Waals surface area contributed by atoms with Crippen molar-refractivity contribution in [2.24, 2.45) is 0 Å². The van der Waals surface area contributed by atoms with E-state index in [9.17, 15) is 5.11 Å². The first-order chi connectivity index (χ1) is 13.6. The molecule has 1 atom stereocenters. The zero-order chi connectivity index (χ0) is 19.7. The summed E-state index contributed by atoms with van der Waals surface area (Å²) in [5.41, 5.74) is 3.49. The van der Waals surface area contributed by atoms with E-state index < -0.39 is 0 Å². The number of anilines is 1. The van der Waals surface area contributed by atoms with Gasteiger partial charge in [-0.3, -0.25) is 0 Å². The minimum atomic E-state index is 0.0344. The molecule has 1 fully saturated rings. The molecule has 0 saturated carbocycles. The number of likely N-dealkylation sites (tertiary alicyclic amines) is 1. The van der Waals surface area contributed by atoms with Crippen LogP contribution in [0.25, 0.3) is 22.5 Å². The van der Waals surface area contributed by atoms with Crippen LogP contribution in [0.1, 0.15) is 30.9 Å². The van der Waals surface area contributed by atoms with Gasteiger partial charge in [-0.2, -0.15) is 10.2 Å². The van der Waals surface area contributed by atoms with Gasteiger partial charge >= 0.3 is 0 Å². The van der Waals surface area contributed by atoms with E-state index in [-0.39, 0.29) is 5.75 Å². The summed E-state index contributed by atoms with van der Waals surface area (Å²) in [6.07, 6.45) is 2.25. The van der Waals surface area contributed by atoms with Gasteiger partial charge in [-0.1, -0.05) is 6.92 Å². The zero-order valence-corrected chi connectivity index (χ0v) is 16.1. The molecule has 2 aromatic heterocycles. The van der Waals surface area contributed by atoms with Crippen LogP contribution in [0.2, 0.25) is 0 Å². The highest BCUT2D eigenvalue weighted by Crippen LogP contribution is 2.33. The van der Waals surface area contributed by atoms with Gasteiger partial charge in [-0.25, -0.2) is 4.98 Å². The van der Waals surface area contributed by atoms with Gasteiger partial charge in [0.1, 0.15) is 5.75 Å². The summed E-state index contributed by atoms with van der Waals surface area (Å²) < 4.78 is 5.82. The fourth-order valence-corrected chi connectivity index (χ4v) is 3.82. The van der Waals surface area contributed by atoms with Crippen molar-refractivity contribution in [3.63, 3.8) is 0 Å². The molecule has 0 unspecified atom stereocenters. The Labute approximate surface area is 163 Å². The number of piperidine rings is 1. The maximum atomic E-state index is 10.3. The number of hydrogen-bond donors (Lipinski definition) is 2. The molecule has 1 aliphatic rings. The summed E-state index contributed by atoms with van der Waals surface area (Å²) in [7, 11) is 0. The number of phenols is 1. The maximum Gasteiger partial charge on any atom is 0.297 e. The number of likely N-dealkylation sites (N-methyl/N-ethyl adjacent to an activating group) is 1. The first-order valence-corrected chi connectivity index (χ1v) is 9.58. The van der Waals surface area contributed by atoms with Gasteiger partial charge in [-0.15, -0.1) is 0 Å². The smallest absolute Gasteiger partial charge is 0.297 e. The number of phenolic OH excluding ortho intramolecular Hbond substituents is 1. The van der Waals surface area contributed by atoms with Crippen molar-refractivity contribution >= 4 is 17.2 Å². The Balaban J connectivity index is 1.62. The van der Waals surface area contributed by atoms with Crippen molar-refractivity contribution in [1.82, 2.24) is 14.9 Å². The maximum absolute atomic E-state index is 10.3. The standard InChI is InChI=1S/C21H23N5O2/c1-3-26-8-4-5-15(12-26)23-21-25-20-18(28-21)7-6-16(24-20)19-13(2)9-14(11-22)10-17(19)27/h6-7,9-10,15,27H,3-5,8,12H2,1-2H3,(H,23,24,25)/t15-/m1/s1. The second kappa shape index (κ2) is 7.49. The highest BCUT2D eigenvalue weighted by molar-refractivity contribution is 5.78. The number of nitriles is 1. The molecule has 0 spiro atoms. The Morgan fingerprint density at radius 1 is 1.36 bits per heavy atom. The Morgan fingerprint density at radius 3 is 2.96 bits per heavy atom. The SMILES string of the molecule is CCN1CCC[C@@H](Nc2nc3nc(-c4c(C)cc(C#N)cc4O)ccc3o2)C1. The van der Waals surface area contributed by atoms with Crippen molar-refractivity contribution < 1.29 is 9.52 Å². The number of hydrogen-bond acceptors (Lipinski definition) is 7. The molecule has 0 radical (unpaired) electrons. The number of oxazole rings is 1. The highest BCUT2D eigenvalue weighted by atomic mass is 16.4. The van der Waals surface area contributed by atoms with Crippen LogP contribution in [-0.4, -0.2) is 45.7 Å². The molecule has 7 nitrogen and oxygen atoms in total. The van der Waals surface area contributed by atoms with E-state index in [0.29, 0.717) is 40.1 Å². The lowest BCUT2D eigenvalue weighted by molar-refractivity contribution is 0.225. The van der Waals surface area contributed by atoms with Gasteiger partial charge in [0.15, 0.2) is 5.58 Å². The first-order valence-electron chi connectivity index (χ1n) is 9.58. The summed E-state index contributed by atoms with van der Waals surface area (Å²) in [4.78, 5) is 11.5. The van der Waals surface area contributed by atoms with Crippen molar-refractivity contribution in [2.75, 3.05) is 25.0 Å². The monoisotopic (exact) mass is 377 g/mol. The van der Waals surface area contributed by atoms with E-state index in [4.69, 9.17) is 9.68 Å². The average molecular weight is 377 g/mol. The summed E-state index contributed by atoms with van der Waals surface area (Å²) in [5.74, 6) is 0.0344. The Hall–Kier alpha value is -3.11. The predicted octanol–water partition coefficient (Wildman–Crippen LogP) is 3.67. The number of aromatic hydroxyl groups is 1. The van der Waals surface area contributed by atoms with E-state index in [0.717, 1.165) is 38.0 Å². The first kappa shape index (κ1) is 18.3. The third-order valence-corrected chi connectivity index (χ3v) is 5.23. The van der Waals surface area contributed by atoms with Crippen LogP contribution in [0.5, 0.6) is 5.75 Å². The van der Waals surface area contributed by atoms with Crippen LogP contribution in [-0.2, 0) is 0 Å². The molecule has 144 valence electrons. The van der Waals surface area contributed by atoms with Crippen LogP contribution < -0.4 is 5.32 Å². The molecule has 2 N–H and O–H groups in total. The molecule has 1 saturated heterocycles. The molecule has 0 amide bonds. The lowest BCUT2D eigenvalue weighted by Crippen LogP contribution is -2.41. The van der Waals surface area contributed by atoms with Crippen molar-refractivity contribution in [1.29, 1.82) is 5.26 Å². The lowest BCUT2D eigenvalue weighted by Gasteiger charge is -2.31. The van der Waals surface area contributed by atoms with Crippen LogP contribution in [0, 0.1) is 18.3 Å². The molecular weight excluding hydrogens is 354 g/mol. The van der Waals surface area contributed by atoms with Gasteiger partial charge in [0, 0.05) is 18.2 Å². The van der Waals surface area contributed by atoms with Crippen molar-refractivity contribution in [3.8, 4) is 23.1 Å². The third-order valence-electron chi connectivity index (χ3n) is 5.23. The van der Waals surface area contributed by atoms with Gasteiger partial charge in [0.05, 0.1) is 17.3 Å². The normalized spacial score (nSPS) is 17.5. The predicted molar refractivity (Wildman–Crippen MR) is 107 cm³/mol. The third kappa shape index (κ3) is 3.51. The second-order valence-corrected chi connectivity index (χ2v) is 7.21. The number of aromatic nitrogens is 2. The molecule has 1 aromatic carbocycles. The Kier molecular flexibility index (Phi) is 4.88. The molecular formula is C21H23N5O2. The fourth-order valence-electron chi connectivity index (χ4n) is 3.82. The summed E-state index contributed by atoms with van der Waals surface area (Å²) in [6, 6.07) is 9.63.